The summed E-state index contributed by atoms with van der Waals surface area (Å²) in [6.45, 7) is 9.96. The fraction of sp³-hybridized carbons (Fsp3) is 0.622. The number of rotatable bonds is 12. The Bertz CT molecular complexity index is 1390. The summed E-state index contributed by atoms with van der Waals surface area (Å²) in [5, 5.41) is 9.97. The van der Waals surface area contributed by atoms with Gasteiger partial charge in [-0.1, -0.05) is 50.0 Å². The number of benzene rings is 1. The number of nitrogens with zero attached hydrogens (tertiary/aromatic N) is 1. The van der Waals surface area contributed by atoms with E-state index in [2.05, 4.69) is 25.8 Å². The summed E-state index contributed by atoms with van der Waals surface area (Å²) in [6, 6.07) is 2.98. The third-order valence-corrected chi connectivity index (χ3v) is 11.2. The summed E-state index contributed by atoms with van der Waals surface area (Å²) in [4.78, 5) is 43.3. The lowest BCUT2D eigenvalue weighted by molar-refractivity contribution is -0.143. The van der Waals surface area contributed by atoms with Gasteiger partial charge in [-0.2, -0.15) is 8.78 Å². The number of carboxylic acids is 1. The SMILES string of the molecule is CC=CC(F)(F)C1=C(C(=O)CC(CCC(=O)c2c(Cl)cc(C)cc2Cl)C2CC(C(C)(C)C)C2)C=NC(C2CCC(C(=O)O)CC2)C1. The van der Waals surface area contributed by atoms with Crippen molar-refractivity contribution < 1.29 is 28.3 Å². The normalized spacial score (nSPS) is 26.2. The van der Waals surface area contributed by atoms with Crippen molar-refractivity contribution in [2.75, 3.05) is 0 Å². The van der Waals surface area contributed by atoms with Crippen LogP contribution in [-0.4, -0.2) is 40.8 Å². The van der Waals surface area contributed by atoms with E-state index in [1.165, 1.54) is 19.2 Å². The first-order chi connectivity index (χ1) is 21.5. The van der Waals surface area contributed by atoms with Gasteiger partial charge in [-0.15, -0.1) is 0 Å². The molecule has 3 aliphatic rings. The molecular formula is C37H47Cl2F2NO4. The van der Waals surface area contributed by atoms with E-state index in [4.69, 9.17) is 23.2 Å². The second-order valence-corrected chi connectivity index (χ2v) is 15.6. The Kier molecular flexibility index (Phi) is 11.7. The van der Waals surface area contributed by atoms with Crippen molar-refractivity contribution in [3.63, 3.8) is 0 Å². The summed E-state index contributed by atoms with van der Waals surface area (Å²) < 4.78 is 31.2. The molecule has 1 aliphatic heterocycles. The fourth-order valence-electron chi connectivity index (χ4n) is 7.54. The first-order valence-electron chi connectivity index (χ1n) is 16.5. The number of dihydropyridines is 1. The Hall–Kier alpha value is -2.38. The minimum absolute atomic E-state index is 0.0107. The van der Waals surface area contributed by atoms with Gasteiger partial charge in [-0.3, -0.25) is 19.4 Å². The Balaban J connectivity index is 1.55. The highest BCUT2D eigenvalue weighted by Crippen LogP contribution is 2.50. The third kappa shape index (κ3) is 8.55. The van der Waals surface area contributed by atoms with Crippen LogP contribution >= 0.6 is 23.2 Å². The lowest BCUT2D eigenvalue weighted by Crippen LogP contribution is -2.39. The van der Waals surface area contributed by atoms with Crippen molar-refractivity contribution in [2.24, 2.45) is 40.0 Å². The molecule has 9 heteroatoms. The number of aliphatic imine (C=N–C) groups is 1. The molecule has 46 heavy (non-hydrogen) atoms. The maximum Gasteiger partial charge on any atom is 0.306 e. The zero-order valence-corrected chi connectivity index (χ0v) is 29.1. The van der Waals surface area contributed by atoms with Crippen LogP contribution in [0.2, 0.25) is 10.0 Å². The quantitative estimate of drug-likeness (QED) is 0.176. The molecule has 2 atom stereocenters. The van der Waals surface area contributed by atoms with Gasteiger partial charge in [0.1, 0.15) is 0 Å². The molecule has 1 aromatic carbocycles. The van der Waals surface area contributed by atoms with Gasteiger partial charge < -0.3 is 5.11 Å². The van der Waals surface area contributed by atoms with E-state index in [9.17, 15) is 19.5 Å². The molecule has 0 amide bonds. The number of hydrogen-bond donors (Lipinski definition) is 1. The second-order valence-electron chi connectivity index (χ2n) is 14.8. The van der Waals surface area contributed by atoms with E-state index in [0.29, 0.717) is 48.1 Å². The summed E-state index contributed by atoms with van der Waals surface area (Å²) in [5.41, 5.74) is 0.985. The van der Waals surface area contributed by atoms with E-state index >= 15 is 8.78 Å². The van der Waals surface area contributed by atoms with Gasteiger partial charge in [-0.25, -0.2) is 0 Å². The molecule has 0 radical (unpaired) electrons. The van der Waals surface area contributed by atoms with Crippen molar-refractivity contribution in [2.45, 2.75) is 111 Å². The second kappa shape index (κ2) is 14.8. The molecule has 2 fully saturated rings. The number of allylic oxidation sites excluding steroid dienone is 3. The van der Waals surface area contributed by atoms with Crippen molar-refractivity contribution in [1.82, 2.24) is 0 Å². The Labute approximate surface area is 281 Å². The molecule has 0 spiro atoms. The summed E-state index contributed by atoms with van der Waals surface area (Å²) >= 11 is 12.8. The topological polar surface area (TPSA) is 83.8 Å². The maximum atomic E-state index is 15.6. The van der Waals surface area contributed by atoms with Crippen LogP contribution < -0.4 is 0 Å². The molecular weight excluding hydrogens is 631 g/mol. The molecule has 2 saturated carbocycles. The molecule has 0 aromatic heterocycles. The highest BCUT2D eigenvalue weighted by molar-refractivity contribution is 6.40. The molecule has 1 N–H and O–H groups in total. The van der Waals surface area contributed by atoms with Crippen molar-refractivity contribution in [1.29, 1.82) is 0 Å². The number of alkyl halides is 2. The zero-order valence-electron chi connectivity index (χ0n) is 27.6. The number of carbonyl (C=O) groups excluding carboxylic acids is 2. The predicted octanol–water partition coefficient (Wildman–Crippen LogP) is 10.2. The fourth-order valence-corrected chi connectivity index (χ4v) is 8.35. The number of hydrogen-bond acceptors (Lipinski definition) is 4. The van der Waals surface area contributed by atoms with Crippen LogP contribution in [0.15, 0.2) is 40.4 Å². The summed E-state index contributed by atoms with van der Waals surface area (Å²) in [7, 11) is 0. The third-order valence-electron chi connectivity index (χ3n) is 10.6. The summed E-state index contributed by atoms with van der Waals surface area (Å²) in [6.07, 6.45) is 8.09. The average molecular weight is 679 g/mol. The van der Waals surface area contributed by atoms with E-state index in [1.807, 2.05) is 6.92 Å². The first kappa shape index (κ1) is 36.5. The Morgan fingerprint density at radius 1 is 1.04 bits per heavy atom. The van der Waals surface area contributed by atoms with Gasteiger partial charge in [0.25, 0.3) is 5.92 Å². The highest BCUT2D eigenvalue weighted by Gasteiger charge is 2.44. The molecule has 252 valence electrons. The molecule has 5 nitrogen and oxygen atoms in total. The van der Waals surface area contributed by atoms with Crippen molar-refractivity contribution in [3.8, 4) is 0 Å². The molecule has 0 bridgehead atoms. The van der Waals surface area contributed by atoms with Gasteiger partial charge in [0.15, 0.2) is 11.6 Å². The number of aliphatic carboxylic acids is 1. The monoisotopic (exact) mass is 677 g/mol. The molecule has 4 rings (SSSR count). The summed E-state index contributed by atoms with van der Waals surface area (Å²) in [5.74, 6) is -4.62. The number of ketones is 2. The molecule has 1 aromatic rings. The molecule has 2 unspecified atom stereocenters. The van der Waals surface area contributed by atoms with E-state index in [0.717, 1.165) is 24.5 Å². The standard InChI is InChI=1S/C37H47Cl2F2NO4/c1-6-13-37(40,41)28-19-31(22-7-9-23(10-8-22)35(45)46)42-20-27(28)33(44)18-24(25-16-26(17-25)36(3,4)5)11-12-32(43)34-29(38)14-21(2)15-30(34)39/h6,13-15,20,22-26,31H,7-12,16-19H2,1-5H3,(H,45,46). The van der Waals surface area contributed by atoms with Crippen molar-refractivity contribution >= 4 is 47.0 Å². The van der Waals surface area contributed by atoms with Gasteiger partial charge in [0.2, 0.25) is 0 Å². The zero-order chi connectivity index (χ0) is 34.0. The van der Waals surface area contributed by atoms with Gasteiger partial charge in [0.05, 0.1) is 27.6 Å². The van der Waals surface area contributed by atoms with Crippen LogP contribution in [0.3, 0.4) is 0 Å². The van der Waals surface area contributed by atoms with Crippen LogP contribution in [0.25, 0.3) is 0 Å². The van der Waals surface area contributed by atoms with Crippen LogP contribution in [0.4, 0.5) is 8.78 Å². The lowest BCUT2D eigenvalue weighted by atomic mass is 9.58. The van der Waals surface area contributed by atoms with Gasteiger partial charge in [0, 0.05) is 30.2 Å². The van der Waals surface area contributed by atoms with Crippen LogP contribution in [-0.2, 0) is 9.59 Å². The number of Topliss-reactive ketones (excluding diaryl/α,β-unsaturated/α-hetero) is 2. The first-order valence-corrected chi connectivity index (χ1v) is 17.3. The smallest absolute Gasteiger partial charge is 0.306 e. The van der Waals surface area contributed by atoms with Gasteiger partial charge in [-0.05, 0) is 118 Å². The van der Waals surface area contributed by atoms with Crippen LogP contribution in [0.5, 0.6) is 0 Å². The molecule has 1 heterocycles. The van der Waals surface area contributed by atoms with Crippen molar-refractivity contribution in [3.05, 3.63) is 56.6 Å². The lowest BCUT2D eigenvalue weighted by Gasteiger charge is -2.47. The highest BCUT2D eigenvalue weighted by atomic mass is 35.5. The number of aryl methyl sites for hydroxylation is 1. The molecule has 2 aliphatic carbocycles. The van der Waals surface area contributed by atoms with Gasteiger partial charge >= 0.3 is 5.97 Å². The predicted molar refractivity (Wildman–Crippen MR) is 180 cm³/mol. The van der Waals surface area contributed by atoms with Crippen LogP contribution in [0.1, 0.15) is 108 Å². The number of carbonyl (C=O) groups is 3. The Morgan fingerprint density at radius 2 is 1.65 bits per heavy atom. The molecule has 0 saturated heterocycles. The van der Waals surface area contributed by atoms with E-state index in [-0.39, 0.29) is 70.7 Å². The largest absolute Gasteiger partial charge is 0.481 e. The van der Waals surface area contributed by atoms with E-state index in [1.54, 1.807) is 12.1 Å². The van der Waals surface area contributed by atoms with E-state index < -0.39 is 23.9 Å². The minimum Gasteiger partial charge on any atom is -0.481 e. The number of carboxylic acid groups (broad SMARTS) is 1. The minimum atomic E-state index is -3.32. The van der Waals surface area contributed by atoms with Crippen LogP contribution in [0, 0.1) is 41.9 Å². The average Bonchev–Trinajstić information content (AvgIpc) is 2.93. The maximum absolute atomic E-state index is 15.6. The number of halogens is 4. The Morgan fingerprint density at radius 3 is 2.20 bits per heavy atom.